The third-order valence-electron chi connectivity index (χ3n) is 8.89. The summed E-state index contributed by atoms with van der Waals surface area (Å²) in [6, 6.07) is 14.3. The maximum Gasteiger partial charge on any atom is 0.138 e. The first-order valence-electron chi connectivity index (χ1n) is 15.5. The van der Waals surface area contributed by atoms with E-state index in [0.717, 1.165) is 93.4 Å². The third kappa shape index (κ3) is 6.74. The van der Waals surface area contributed by atoms with Crippen molar-refractivity contribution >= 4 is 17.1 Å². The zero-order valence-corrected chi connectivity index (χ0v) is 25.3. The summed E-state index contributed by atoms with van der Waals surface area (Å²) in [4.78, 5) is 27.4. The molecule has 10 nitrogen and oxygen atoms in total. The molecular weight excluding hydrogens is 554 g/mol. The van der Waals surface area contributed by atoms with Crippen molar-refractivity contribution in [2.24, 2.45) is 5.41 Å². The van der Waals surface area contributed by atoms with E-state index < -0.39 is 0 Å². The van der Waals surface area contributed by atoms with E-state index in [1.165, 1.54) is 0 Å². The van der Waals surface area contributed by atoms with Crippen LogP contribution in [0.15, 0.2) is 61.2 Å². The van der Waals surface area contributed by atoms with Crippen LogP contribution in [-0.4, -0.2) is 82.8 Å². The molecule has 6 rings (SSSR count). The van der Waals surface area contributed by atoms with Gasteiger partial charge in [0.2, 0.25) is 0 Å². The molecule has 2 aliphatic rings. The third-order valence-corrected chi connectivity index (χ3v) is 8.89. The number of morpholine rings is 1. The van der Waals surface area contributed by atoms with Gasteiger partial charge in [-0.05, 0) is 61.9 Å². The van der Waals surface area contributed by atoms with Gasteiger partial charge in [-0.25, -0.2) is 9.50 Å². The second-order valence-corrected chi connectivity index (χ2v) is 11.8. The maximum atomic E-state index is 13.3. The largest absolute Gasteiger partial charge is 0.492 e. The fourth-order valence-corrected chi connectivity index (χ4v) is 6.50. The van der Waals surface area contributed by atoms with Crippen LogP contribution < -0.4 is 9.64 Å². The lowest BCUT2D eigenvalue weighted by Gasteiger charge is -2.42. The van der Waals surface area contributed by atoms with Gasteiger partial charge in [-0.2, -0.15) is 10.4 Å². The molecule has 228 valence electrons. The number of piperidine rings is 1. The van der Waals surface area contributed by atoms with E-state index >= 15 is 0 Å². The molecule has 4 aromatic heterocycles. The summed E-state index contributed by atoms with van der Waals surface area (Å²) in [5, 5.41) is 14.0. The molecule has 2 fully saturated rings. The zero-order valence-electron chi connectivity index (χ0n) is 25.3. The molecule has 0 unspecified atom stereocenters. The van der Waals surface area contributed by atoms with E-state index in [0.29, 0.717) is 36.5 Å². The smallest absolute Gasteiger partial charge is 0.138 e. The van der Waals surface area contributed by atoms with Gasteiger partial charge in [-0.15, -0.1) is 0 Å². The summed E-state index contributed by atoms with van der Waals surface area (Å²) in [6.45, 7) is 8.21. The quantitative estimate of drug-likeness (QED) is 0.247. The van der Waals surface area contributed by atoms with E-state index in [2.05, 4.69) is 32.0 Å². The number of carbonyl (C=O) groups is 1. The Morgan fingerprint density at radius 2 is 1.93 bits per heavy atom. The number of ketones is 1. The van der Waals surface area contributed by atoms with Gasteiger partial charge >= 0.3 is 0 Å². The predicted octanol–water partition coefficient (Wildman–Crippen LogP) is 4.57. The topological polar surface area (TPSA) is 109 Å². The first-order valence-corrected chi connectivity index (χ1v) is 15.5. The van der Waals surface area contributed by atoms with Gasteiger partial charge in [0.1, 0.15) is 23.4 Å². The molecule has 0 bridgehead atoms. The lowest BCUT2D eigenvalue weighted by atomic mass is 9.71. The van der Waals surface area contributed by atoms with E-state index in [9.17, 15) is 10.1 Å². The Bertz CT molecular complexity index is 1600. The molecule has 0 spiro atoms. The van der Waals surface area contributed by atoms with Crippen LogP contribution >= 0.6 is 0 Å². The first-order chi connectivity index (χ1) is 21.6. The number of ether oxygens (including phenoxy) is 2. The Kier molecular flexibility index (Phi) is 9.15. The number of rotatable bonds is 11. The maximum absolute atomic E-state index is 13.3. The van der Waals surface area contributed by atoms with Crippen LogP contribution in [0.1, 0.15) is 43.9 Å². The van der Waals surface area contributed by atoms with Crippen molar-refractivity contribution in [3.63, 3.8) is 0 Å². The molecule has 0 radical (unpaired) electrons. The van der Waals surface area contributed by atoms with Crippen molar-refractivity contribution in [1.82, 2.24) is 24.5 Å². The SMILES string of the molecule is CCOc1cc(-c2ccc(N3CCC(CC(=O)CCN4CCOCC4)(Cc4ccccn4)CC3)nc2)c2c(C#N)cnn2c1. The predicted molar refractivity (Wildman–Crippen MR) is 168 cm³/mol. The molecule has 4 aromatic rings. The van der Waals surface area contributed by atoms with Crippen LogP contribution in [0.25, 0.3) is 16.6 Å². The molecule has 0 amide bonds. The molecule has 0 atom stereocenters. The van der Waals surface area contributed by atoms with Gasteiger partial charge in [0.15, 0.2) is 0 Å². The highest BCUT2D eigenvalue weighted by molar-refractivity contribution is 5.85. The highest BCUT2D eigenvalue weighted by Gasteiger charge is 2.37. The highest BCUT2D eigenvalue weighted by Crippen LogP contribution is 2.40. The van der Waals surface area contributed by atoms with Gasteiger partial charge in [-0.1, -0.05) is 6.07 Å². The Balaban J connectivity index is 1.16. The van der Waals surface area contributed by atoms with Crippen molar-refractivity contribution in [3.8, 4) is 22.9 Å². The van der Waals surface area contributed by atoms with Crippen LogP contribution in [0.3, 0.4) is 0 Å². The van der Waals surface area contributed by atoms with Crippen LogP contribution in [-0.2, 0) is 16.0 Å². The van der Waals surface area contributed by atoms with E-state index in [4.69, 9.17) is 14.5 Å². The van der Waals surface area contributed by atoms with Gasteiger partial charge in [0.25, 0.3) is 0 Å². The Labute approximate surface area is 258 Å². The number of Topliss-reactive ketones (excluding diaryl/α,β-unsaturated/α-hetero) is 1. The Morgan fingerprint density at radius 3 is 2.64 bits per heavy atom. The lowest BCUT2D eigenvalue weighted by molar-refractivity contribution is -0.122. The first kappa shape index (κ1) is 29.7. The molecule has 10 heteroatoms. The number of pyridine rings is 3. The molecular formula is C34H39N7O3. The van der Waals surface area contributed by atoms with Crippen LogP contribution in [0, 0.1) is 16.7 Å². The normalized spacial score (nSPS) is 17.0. The number of carbonyl (C=O) groups excluding carboxylic acids is 1. The van der Waals surface area contributed by atoms with Crippen molar-refractivity contribution in [2.75, 3.05) is 57.4 Å². The Morgan fingerprint density at radius 1 is 1.09 bits per heavy atom. The molecule has 2 aliphatic heterocycles. The summed E-state index contributed by atoms with van der Waals surface area (Å²) >= 11 is 0. The fraction of sp³-hybridized carbons (Fsp3) is 0.441. The molecule has 2 saturated heterocycles. The molecule has 0 N–H and O–H groups in total. The van der Waals surface area contributed by atoms with Crippen molar-refractivity contribution in [2.45, 2.75) is 39.0 Å². The molecule has 6 heterocycles. The van der Waals surface area contributed by atoms with Crippen LogP contribution in [0.4, 0.5) is 5.82 Å². The average Bonchev–Trinajstić information content (AvgIpc) is 3.48. The summed E-state index contributed by atoms with van der Waals surface area (Å²) in [7, 11) is 0. The lowest BCUT2D eigenvalue weighted by Crippen LogP contribution is -2.43. The minimum Gasteiger partial charge on any atom is -0.492 e. The van der Waals surface area contributed by atoms with Gasteiger partial charge in [0.05, 0.1) is 43.3 Å². The second-order valence-electron chi connectivity index (χ2n) is 11.8. The number of nitrogens with zero attached hydrogens (tertiary/aromatic N) is 7. The number of aromatic nitrogens is 4. The van der Waals surface area contributed by atoms with Crippen molar-refractivity contribution < 1.29 is 14.3 Å². The van der Waals surface area contributed by atoms with Crippen molar-refractivity contribution in [1.29, 1.82) is 5.26 Å². The Hall–Kier alpha value is -4.33. The van der Waals surface area contributed by atoms with E-state index in [-0.39, 0.29) is 5.41 Å². The summed E-state index contributed by atoms with van der Waals surface area (Å²) in [5.41, 5.74) is 3.92. The summed E-state index contributed by atoms with van der Waals surface area (Å²) < 4.78 is 12.9. The van der Waals surface area contributed by atoms with Crippen LogP contribution in [0.2, 0.25) is 0 Å². The van der Waals surface area contributed by atoms with Crippen LogP contribution in [0.5, 0.6) is 5.75 Å². The summed E-state index contributed by atoms with van der Waals surface area (Å²) in [5.74, 6) is 1.93. The standard InChI is InChI=1S/C34H39N7O3/c1-2-44-30-19-31(33-27(22-35)24-38-41(33)25-30)26-6-7-32(37-23-26)40-13-9-34(10-14-40,20-28-5-3-4-11-36-28)21-29(42)8-12-39-15-17-43-18-16-39/h3-7,11,19,23-25H,2,8-10,12-18,20-21H2,1H3. The van der Waals surface area contributed by atoms with E-state index in [1.807, 2.05) is 49.6 Å². The minimum atomic E-state index is -0.117. The number of hydrogen-bond acceptors (Lipinski definition) is 9. The average molecular weight is 594 g/mol. The molecule has 0 aromatic carbocycles. The van der Waals surface area contributed by atoms with Crippen molar-refractivity contribution in [3.05, 3.63) is 72.4 Å². The van der Waals surface area contributed by atoms with Gasteiger partial charge in [0, 0.05) is 74.8 Å². The van der Waals surface area contributed by atoms with E-state index in [1.54, 1.807) is 16.9 Å². The molecule has 0 saturated carbocycles. The highest BCUT2D eigenvalue weighted by atomic mass is 16.5. The fourth-order valence-electron chi connectivity index (χ4n) is 6.50. The monoisotopic (exact) mass is 593 g/mol. The zero-order chi connectivity index (χ0) is 30.4. The number of nitriles is 1. The number of anilines is 1. The summed E-state index contributed by atoms with van der Waals surface area (Å²) in [6.07, 6.45) is 10.8. The number of fused-ring (bicyclic) bond motifs is 1. The minimum absolute atomic E-state index is 0.117. The van der Waals surface area contributed by atoms with Gasteiger partial charge < -0.3 is 14.4 Å². The molecule has 44 heavy (non-hydrogen) atoms. The number of hydrogen-bond donors (Lipinski definition) is 0. The second kappa shape index (κ2) is 13.5. The van der Waals surface area contributed by atoms with Gasteiger partial charge in [-0.3, -0.25) is 14.7 Å². The molecule has 0 aliphatic carbocycles.